The van der Waals surface area contributed by atoms with Crippen molar-refractivity contribution in [2.45, 2.75) is 32.2 Å². The first-order chi connectivity index (χ1) is 9.81. The van der Waals surface area contributed by atoms with Crippen molar-refractivity contribution < 1.29 is 0 Å². The van der Waals surface area contributed by atoms with Crippen molar-refractivity contribution in [3.8, 4) is 0 Å². The van der Waals surface area contributed by atoms with Gasteiger partial charge < -0.3 is 5.32 Å². The van der Waals surface area contributed by atoms with Gasteiger partial charge in [0.05, 0.1) is 0 Å². The molecule has 1 nitrogen and oxygen atoms in total. The molecule has 0 heterocycles. The Morgan fingerprint density at radius 1 is 1.05 bits per heavy atom. The van der Waals surface area contributed by atoms with Crippen molar-refractivity contribution in [2.24, 2.45) is 5.92 Å². The number of hydrogen-bond acceptors (Lipinski definition) is 1. The monoisotopic (exact) mass is 265 g/mol. The second kappa shape index (κ2) is 5.80. The van der Waals surface area contributed by atoms with E-state index in [2.05, 4.69) is 73.8 Å². The van der Waals surface area contributed by atoms with Crippen LogP contribution in [-0.2, 0) is 0 Å². The third-order valence-electron chi connectivity index (χ3n) is 4.44. The van der Waals surface area contributed by atoms with Crippen molar-refractivity contribution in [1.29, 1.82) is 0 Å². The first-order valence-electron chi connectivity index (χ1n) is 7.65. The van der Waals surface area contributed by atoms with Gasteiger partial charge in [-0.15, -0.1) is 0 Å². The van der Waals surface area contributed by atoms with Gasteiger partial charge in [-0.05, 0) is 48.4 Å². The molecular weight excluding hydrogens is 242 g/mol. The summed E-state index contributed by atoms with van der Waals surface area (Å²) < 4.78 is 0. The predicted molar refractivity (Wildman–Crippen MR) is 84.9 cm³/mol. The van der Waals surface area contributed by atoms with E-state index >= 15 is 0 Å². The molecular formula is C19H23N. The van der Waals surface area contributed by atoms with Gasteiger partial charge in [0.15, 0.2) is 0 Å². The number of rotatable bonds is 5. The average molecular weight is 265 g/mol. The maximum atomic E-state index is 3.70. The molecule has 1 aliphatic carbocycles. The van der Waals surface area contributed by atoms with E-state index in [1.807, 2.05) is 0 Å². The van der Waals surface area contributed by atoms with Gasteiger partial charge in [-0.25, -0.2) is 0 Å². The van der Waals surface area contributed by atoms with Gasteiger partial charge >= 0.3 is 0 Å². The molecule has 0 radical (unpaired) electrons. The summed E-state index contributed by atoms with van der Waals surface area (Å²) in [6.07, 6.45) is 1.30. The summed E-state index contributed by atoms with van der Waals surface area (Å²) in [5.74, 6) is 1.46. The number of benzene rings is 2. The fourth-order valence-corrected chi connectivity index (χ4v) is 3.31. The molecule has 2 aromatic carbocycles. The first-order valence-corrected chi connectivity index (χ1v) is 7.65. The second-order valence-electron chi connectivity index (χ2n) is 5.81. The molecule has 0 spiro atoms. The molecule has 3 atom stereocenters. The van der Waals surface area contributed by atoms with E-state index in [0.29, 0.717) is 6.04 Å². The van der Waals surface area contributed by atoms with Crippen molar-refractivity contribution >= 4 is 0 Å². The predicted octanol–water partition coefficient (Wildman–Crippen LogP) is 4.45. The van der Waals surface area contributed by atoms with Crippen molar-refractivity contribution in [3.05, 3.63) is 71.3 Å². The highest BCUT2D eigenvalue weighted by Crippen LogP contribution is 2.54. The lowest BCUT2D eigenvalue weighted by Crippen LogP contribution is -2.24. The minimum absolute atomic E-state index is 0.492. The van der Waals surface area contributed by atoms with Crippen LogP contribution in [0, 0.1) is 12.8 Å². The molecule has 1 fully saturated rings. The van der Waals surface area contributed by atoms with Crippen LogP contribution in [0.25, 0.3) is 0 Å². The van der Waals surface area contributed by atoms with Crippen LogP contribution in [0.5, 0.6) is 0 Å². The van der Waals surface area contributed by atoms with Crippen LogP contribution >= 0.6 is 0 Å². The first kappa shape index (κ1) is 13.4. The van der Waals surface area contributed by atoms with Crippen LogP contribution in [-0.4, -0.2) is 6.54 Å². The van der Waals surface area contributed by atoms with E-state index in [-0.39, 0.29) is 0 Å². The van der Waals surface area contributed by atoms with Crippen LogP contribution in [0.15, 0.2) is 54.6 Å². The molecule has 0 aliphatic heterocycles. The maximum Gasteiger partial charge on any atom is 0.0357 e. The summed E-state index contributed by atoms with van der Waals surface area (Å²) >= 11 is 0. The Kier molecular flexibility index (Phi) is 3.88. The van der Waals surface area contributed by atoms with E-state index in [0.717, 1.165) is 18.4 Å². The maximum absolute atomic E-state index is 3.70. The van der Waals surface area contributed by atoms with Crippen molar-refractivity contribution in [2.75, 3.05) is 6.54 Å². The SMILES string of the molecule is CCNC(c1ccccc1C)C1CC1c1ccccc1. The molecule has 104 valence electrons. The normalized spacial score (nSPS) is 22.5. The van der Waals surface area contributed by atoms with Crippen LogP contribution < -0.4 is 5.32 Å². The van der Waals surface area contributed by atoms with E-state index in [4.69, 9.17) is 0 Å². The number of nitrogens with one attached hydrogen (secondary N) is 1. The minimum Gasteiger partial charge on any atom is -0.310 e. The van der Waals surface area contributed by atoms with Crippen LogP contribution in [0.2, 0.25) is 0 Å². The Labute approximate surface area is 122 Å². The Morgan fingerprint density at radius 3 is 2.45 bits per heavy atom. The summed E-state index contributed by atoms with van der Waals surface area (Å²) in [5.41, 5.74) is 4.36. The molecule has 20 heavy (non-hydrogen) atoms. The zero-order valence-electron chi connectivity index (χ0n) is 12.3. The Hall–Kier alpha value is -1.60. The fraction of sp³-hybridized carbons (Fsp3) is 0.368. The quantitative estimate of drug-likeness (QED) is 0.842. The molecule has 2 aromatic rings. The molecule has 0 bridgehead atoms. The topological polar surface area (TPSA) is 12.0 Å². The number of aryl methyl sites for hydroxylation is 1. The minimum atomic E-state index is 0.492. The van der Waals surface area contributed by atoms with Crippen LogP contribution in [0.3, 0.4) is 0 Å². The molecule has 0 saturated heterocycles. The van der Waals surface area contributed by atoms with E-state index in [1.165, 1.54) is 23.1 Å². The van der Waals surface area contributed by atoms with Crippen molar-refractivity contribution in [1.82, 2.24) is 5.32 Å². The fourth-order valence-electron chi connectivity index (χ4n) is 3.31. The average Bonchev–Trinajstić information content (AvgIpc) is 3.27. The summed E-state index contributed by atoms with van der Waals surface area (Å²) in [6.45, 7) is 5.45. The van der Waals surface area contributed by atoms with Crippen molar-refractivity contribution in [3.63, 3.8) is 0 Å². The zero-order valence-corrected chi connectivity index (χ0v) is 12.3. The van der Waals surface area contributed by atoms with E-state index in [9.17, 15) is 0 Å². The van der Waals surface area contributed by atoms with Gasteiger partial charge in [-0.1, -0.05) is 61.5 Å². The third kappa shape index (κ3) is 2.64. The van der Waals surface area contributed by atoms with E-state index in [1.54, 1.807) is 0 Å². The van der Waals surface area contributed by atoms with Gasteiger partial charge in [-0.2, -0.15) is 0 Å². The van der Waals surface area contributed by atoms with Gasteiger partial charge in [0, 0.05) is 6.04 Å². The molecule has 3 unspecified atom stereocenters. The summed E-state index contributed by atoms with van der Waals surface area (Å²) in [4.78, 5) is 0. The summed E-state index contributed by atoms with van der Waals surface area (Å²) in [7, 11) is 0. The van der Waals surface area contributed by atoms with Gasteiger partial charge in [-0.3, -0.25) is 0 Å². The molecule has 0 amide bonds. The zero-order chi connectivity index (χ0) is 13.9. The van der Waals surface area contributed by atoms with Gasteiger partial charge in [0.25, 0.3) is 0 Å². The highest BCUT2D eigenvalue weighted by atomic mass is 14.9. The summed E-state index contributed by atoms with van der Waals surface area (Å²) in [5, 5.41) is 3.70. The summed E-state index contributed by atoms with van der Waals surface area (Å²) in [6, 6.07) is 20.2. The molecule has 0 aromatic heterocycles. The highest BCUT2D eigenvalue weighted by Gasteiger charge is 2.44. The highest BCUT2D eigenvalue weighted by molar-refractivity contribution is 5.34. The lowest BCUT2D eigenvalue weighted by molar-refractivity contribution is 0.485. The smallest absolute Gasteiger partial charge is 0.0357 e. The van der Waals surface area contributed by atoms with E-state index < -0.39 is 0 Å². The Bertz CT molecular complexity index is 561. The van der Waals surface area contributed by atoms with Gasteiger partial charge in [0.1, 0.15) is 0 Å². The molecule has 3 rings (SSSR count). The van der Waals surface area contributed by atoms with Gasteiger partial charge in [0.2, 0.25) is 0 Å². The Morgan fingerprint density at radius 2 is 1.75 bits per heavy atom. The number of hydrogen-bond donors (Lipinski definition) is 1. The lowest BCUT2D eigenvalue weighted by Gasteiger charge is -2.21. The largest absolute Gasteiger partial charge is 0.310 e. The molecule has 1 N–H and O–H groups in total. The molecule has 1 heteroatoms. The second-order valence-corrected chi connectivity index (χ2v) is 5.81. The van der Waals surface area contributed by atoms with Crippen LogP contribution in [0.1, 0.15) is 42.0 Å². The lowest BCUT2D eigenvalue weighted by atomic mass is 9.95. The van der Waals surface area contributed by atoms with Crippen LogP contribution in [0.4, 0.5) is 0 Å². The standard InChI is InChI=1S/C19H23N/c1-3-20-19(16-12-8-7-9-14(16)2)18-13-17(18)15-10-5-4-6-11-15/h4-12,17-20H,3,13H2,1-2H3. The third-order valence-corrected chi connectivity index (χ3v) is 4.44. The Balaban J connectivity index is 1.82. The molecule has 1 aliphatic rings. The molecule has 1 saturated carbocycles.